The molecule has 0 bridgehead atoms. The number of aliphatic hydroxyl groups excluding tert-OH is 1. The van der Waals surface area contributed by atoms with Crippen LogP contribution in [0.25, 0.3) is 0 Å². The maximum atomic E-state index is 16.4. The summed E-state index contributed by atoms with van der Waals surface area (Å²) in [6, 6.07) is 15.2. The summed E-state index contributed by atoms with van der Waals surface area (Å²) in [6.07, 6.45) is 3.47. The largest absolute Gasteiger partial charge is 0.469 e. The highest BCUT2D eigenvalue weighted by Crippen LogP contribution is 2.60. The quantitative estimate of drug-likeness (QED) is 0.0908. The van der Waals surface area contributed by atoms with Crippen LogP contribution in [0.5, 0.6) is 0 Å². The predicted octanol–water partition coefficient (Wildman–Crippen LogP) is 4.69. The number of fused-ring (bicyclic) bond motifs is 2. The number of nitrogens with zero attached hydrogens (tertiary/aromatic N) is 5. The number of esters is 1. The number of β-lactam (4-membered cyclic amide) rings is 1. The molecule has 0 radical (unpaired) electrons. The summed E-state index contributed by atoms with van der Waals surface area (Å²) in [4.78, 5) is 42.1. The summed E-state index contributed by atoms with van der Waals surface area (Å²) in [5, 5.41) is 18.8. The maximum Gasteiger partial charge on any atom is 0.305 e. The van der Waals surface area contributed by atoms with E-state index in [0.29, 0.717) is 67.9 Å². The van der Waals surface area contributed by atoms with E-state index in [1.807, 2.05) is 55.5 Å². The van der Waals surface area contributed by atoms with Gasteiger partial charge < -0.3 is 28.5 Å². The van der Waals surface area contributed by atoms with Crippen molar-refractivity contribution in [3.63, 3.8) is 0 Å². The van der Waals surface area contributed by atoms with Crippen molar-refractivity contribution in [3.05, 3.63) is 71.5 Å². The molecule has 2 amide bonds. The molecule has 13 heteroatoms. The van der Waals surface area contributed by atoms with E-state index in [2.05, 4.69) is 10.3 Å². The molecule has 0 aliphatic carbocycles. The van der Waals surface area contributed by atoms with E-state index in [9.17, 15) is 19.5 Å². The standard InChI is InChI=1S/C35H44FN5O6Si/c1-23-33(48(3,4)36)30(15-18-39-21-28(37-38-39)26(22-42)24-10-6-5-7-11-24)47-35(23)27-20-25(40-19-16-31(40)43)13-14-29(27)41(34(35)45)17-9-8-12-32(44)46-2/h5-7,10-11,13-14,20-21,23,26,30,33,42H,8-9,12,15-19,22H2,1-4H3/t23-,26?,30+,33-,35+/m0/s1. The summed E-state index contributed by atoms with van der Waals surface area (Å²) in [5.41, 5.74) is 1.69. The Bertz CT molecular complexity index is 1660. The molecule has 2 aromatic carbocycles. The lowest BCUT2D eigenvalue weighted by atomic mass is 9.82. The molecule has 4 heterocycles. The highest BCUT2D eigenvalue weighted by Gasteiger charge is 2.66. The average molecular weight is 678 g/mol. The Balaban J connectivity index is 1.29. The van der Waals surface area contributed by atoms with Gasteiger partial charge in [0.05, 0.1) is 37.1 Å². The number of aromatic nitrogens is 3. The molecule has 3 aliphatic heterocycles. The fraction of sp³-hybridized carbons (Fsp3) is 0.514. The average Bonchev–Trinajstić information content (AvgIpc) is 3.72. The van der Waals surface area contributed by atoms with E-state index in [0.717, 1.165) is 5.56 Å². The van der Waals surface area contributed by atoms with Gasteiger partial charge in [-0.15, -0.1) is 5.10 Å². The lowest BCUT2D eigenvalue weighted by molar-refractivity contribution is -0.146. The minimum Gasteiger partial charge on any atom is -0.469 e. The second-order valence-electron chi connectivity index (χ2n) is 13.6. The minimum absolute atomic E-state index is 0.0179. The first-order valence-corrected chi connectivity index (χ1v) is 19.7. The minimum atomic E-state index is -3.40. The van der Waals surface area contributed by atoms with Gasteiger partial charge in [0, 0.05) is 61.4 Å². The number of rotatable bonds is 13. The number of unbranched alkanes of at least 4 members (excludes halogenated alkanes) is 1. The third-order valence-corrected chi connectivity index (χ3v) is 12.7. The third-order valence-electron chi connectivity index (χ3n) is 10.3. The normalized spacial score (nSPS) is 24.2. The number of carbonyl (C=O) groups excluding carboxylic acids is 3. The van der Waals surface area contributed by atoms with Crippen LogP contribution in [0.2, 0.25) is 18.6 Å². The molecule has 11 nitrogen and oxygen atoms in total. The molecule has 2 fully saturated rings. The van der Waals surface area contributed by atoms with Gasteiger partial charge in [0.2, 0.25) is 14.3 Å². The zero-order valence-electron chi connectivity index (χ0n) is 28.0. The van der Waals surface area contributed by atoms with E-state index in [4.69, 9.17) is 9.47 Å². The summed E-state index contributed by atoms with van der Waals surface area (Å²) in [6.45, 7) is 6.49. The van der Waals surface area contributed by atoms with Crippen LogP contribution in [0.3, 0.4) is 0 Å². The van der Waals surface area contributed by atoms with Gasteiger partial charge >= 0.3 is 5.97 Å². The Morgan fingerprint density at radius 3 is 2.58 bits per heavy atom. The SMILES string of the molecule is COC(=O)CCCCN1C(=O)[C@]2(O[C@H](CCn3cc(C(CO)c4ccccc4)nn3)[C@@H]([Si](C)(C)F)[C@@H]2C)c2cc(N3CCC3=O)ccc21. The van der Waals surface area contributed by atoms with Crippen LogP contribution in [-0.4, -0.2) is 79.2 Å². The van der Waals surface area contributed by atoms with Gasteiger partial charge in [-0.2, -0.15) is 0 Å². The number of carbonyl (C=O) groups is 3. The molecule has 2 saturated heterocycles. The number of aliphatic hydroxyl groups is 1. The van der Waals surface area contributed by atoms with Crippen molar-refractivity contribution in [2.45, 2.75) is 81.8 Å². The molecule has 256 valence electrons. The monoisotopic (exact) mass is 677 g/mol. The first-order valence-electron chi connectivity index (χ1n) is 16.8. The van der Waals surface area contributed by atoms with E-state index < -0.39 is 31.6 Å². The van der Waals surface area contributed by atoms with Crippen LogP contribution in [0.4, 0.5) is 15.5 Å². The Morgan fingerprint density at radius 1 is 1.17 bits per heavy atom. The number of methoxy groups -OCH3 is 1. The number of ether oxygens (including phenoxy) is 2. The molecule has 5 atom stereocenters. The Labute approximate surface area is 281 Å². The van der Waals surface area contributed by atoms with E-state index in [-0.39, 0.29) is 36.7 Å². The van der Waals surface area contributed by atoms with Crippen LogP contribution >= 0.6 is 0 Å². The summed E-state index contributed by atoms with van der Waals surface area (Å²) >= 11 is 0. The number of aryl methyl sites for hydroxylation is 1. The van der Waals surface area contributed by atoms with Crippen molar-refractivity contribution in [3.8, 4) is 0 Å². The van der Waals surface area contributed by atoms with Crippen molar-refractivity contribution < 1.29 is 33.1 Å². The lowest BCUT2D eigenvalue weighted by Gasteiger charge is -2.33. The molecular weight excluding hydrogens is 633 g/mol. The molecule has 1 N–H and O–H groups in total. The topological polar surface area (TPSA) is 127 Å². The van der Waals surface area contributed by atoms with Crippen LogP contribution in [-0.2, 0) is 36.0 Å². The van der Waals surface area contributed by atoms with Gasteiger partial charge in [-0.1, -0.05) is 42.5 Å². The molecule has 3 aliphatic rings. The van der Waals surface area contributed by atoms with Crippen molar-refractivity contribution in [2.24, 2.45) is 5.92 Å². The van der Waals surface area contributed by atoms with Crippen LogP contribution < -0.4 is 9.80 Å². The number of hydrogen-bond donors (Lipinski definition) is 1. The second kappa shape index (κ2) is 13.5. The molecule has 1 spiro atoms. The van der Waals surface area contributed by atoms with Gasteiger partial charge in [-0.25, -0.2) is 0 Å². The smallest absolute Gasteiger partial charge is 0.305 e. The Morgan fingerprint density at radius 2 is 1.94 bits per heavy atom. The fourth-order valence-electron chi connectivity index (χ4n) is 7.82. The molecule has 6 rings (SSSR count). The maximum absolute atomic E-state index is 16.4. The van der Waals surface area contributed by atoms with Gasteiger partial charge in [0.15, 0.2) is 5.60 Å². The molecule has 1 aromatic heterocycles. The van der Waals surface area contributed by atoms with E-state index in [1.54, 1.807) is 33.8 Å². The van der Waals surface area contributed by atoms with Crippen molar-refractivity contribution in [1.29, 1.82) is 0 Å². The number of amides is 2. The molecule has 3 aromatic rings. The summed E-state index contributed by atoms with van der Waals surface area (Å²) in [5.74, 6) is -1.33. The van der Waals surface area contributed by atoms with Crippen LogP contribution in [0.1, 0.15) is 61.8 Å². The van der Waals surface area contributed by atoms with Gasteiger partial charge in [-0.3, -0.25) is 19.1 Å². The van der Waals surface area contributed by atoms with Gasteiger partial charge in [-0.05, 0) is 56.1 Å². The number of benzene rings is 2. The first kappa shape index (κ1) is 33.9. The van der Waals surface area contributed by atoms with Crippen LogP contribution in [0.15, 0.2) is 54.7 Å². The lowest BCUT2D eigenvalue weighted by Crippen LogP contribution is -2.46. The number of halogens is 1. The highest BCUT2D eigenvalue weighted by molar-refractivity contribution is 6.72. The zero-order chi connectivity index (χ0) is 34.2. The summed E-state index contributed by atoms with van der Waals surface area (Å²) < 4.78 is 29.7. The molecule has 48 heavy (non-hydrogen) atoms. The highest BCUT2D eigenvalue weighted by atomic mass is 28.4. The van der Waals surface area contributed by atoms with Crippen molar-refractivity contribution >= 4 is 37.6 Å². The van der Waals surface area contributed by atoms with E-state index in [1.165, 1.54) is 7.11 Å². The van der Waals surface area contributed by atoms with Crippen LogP contribution in [0, 0.1) is 5.92 Å². The van der Waals surface area contributed by atoms with Gasteiger partial charge in [0.25, 0.3) is 5.91 Å². The number of anilines is 2. The second-order valence-corrected chi connectivity index (χ2v) is 17.4. The zero-order valence-corrected chi connectivity index (χ0v) is 29.0. The number of hydrogen-bond acceptors (Lipinski definition) is 8. The fourth-order valence-corrected chi connectivity index (χ4v) is 10.4. The first-order chi connectivity index (χ1) is 23.0. The third kappa shape index (κ3) is 6.07. The van der Waals surface area contributed by atoms with Gasteiger partial charge in [0.1, 0.15) is 0 Å². The summed E-state index contributed by atoms with van der Waals surface area (Å²) in [7, 11) is -2.04. The molecular formula is C35H44FN5O6Si. The molecule has 0 saturated carbocycles. The van der Waals surface area contributed by atoms with Crippen molar-refractivity contribution in [2.75, 3.05) is 36.6 Å². The molecule has 1 unspecified atom stereocenters. The van der Waals surface area contributed by atoms with E-state index >= 15 is 4.11 Å². The Kier molecular flexibility index (Phi) is 9.56. The van der Waals surface area contributed by atoms with Crippen molar-refractivity contribution in [1.82, 2.24) is 15.0 Å². The Hall–Kier alpha value is -3.94. The predicted molar refractivity (Wildman–Crippen MR) is 180 cm³/mol.